The Hall–Kier alpha value is -0.530. The van der Waals surface area contributed by atoms with E-state index in [4.69, 9.17) is 4.74 Å². The van der Waals surface area contributed by atoms with E-state index in [1.54, 1.807) is 0 Å². The summed E-state index contributed by atoms with van der Waals surface area (Å²) in [6.45, 7) is 0. The van der Waals surface area contributed by atoms with Crippen LogP contribution in [-0.2, 0) is 9.53 Å². The van der Waals surface area contributed by atoms with Gasteiger partial charge < -0.3 is 4.74 Å². The molecule has 11 heavy (non-hydrogen) atoms. The van der Waals surface area contributed by atoms with Crippen molar-refractivity contribution in [2.75, 3.05) is 7.11 Å². The van der Waals surface area contributed by atoms with Crippen LogP contribution in [-0.4, -0.2) is 13.1 Å². The van der Waals surface area contributed by atoms with Crippen molar-refractivity contribution in [2.24, 2.45) is 17.8 Å². The van der Waals surface area contributed by atoms with Crippen LogP contribution in [0.5, 0.6) is 0 Å². The number of rotatable bonds is 1. The van der Waals surface area contributed by atoms with Gasteiger partial charge in [0.1, 0.15) is 0 Å². The van der Waals surface area contributed by atoms with Crippen molar-refractivity contribution in [1.29, 1.82) is 0 Å². The van der Waals surface area contributed by atoms with Crippen LogP contribution in [0.25, 0.3) is 0 Å². The van der Waals surface area contributed by atoms with Crippen molar-refractivity contribution in [2.45, 2.75) is 25.7 Å². The molecule has 3 fully saturated rings. The van der Waals surface area contributed by atoms with Gasteiger partial charge in [-0.3, -0.25) is 4.79 Å². The van der Waals surface area contributed by atoms with Crippen LogP contribution in [0.2, 0.25) is 0 Å². The van der Waals surface area contributed by atoms with Gasteiger partial charge in [0.15, 0.2) is 0 Å². The van der Waals surface area contributed by atoms with Crippen LogP contribution >= 0.6 is 0 Å². The van der Waals surface area contributed by atoms with Crippen molar-refractivity contribution in [3.8, 4) is 0 Å². The summed E-state index contributed by atoms with van der Waals surface area (Å²) in [5.41, 5.74) is 0. The number of carbonyl (C=O) groups is 1. The first-order chi connectivity index (χ1) is 5.33. The predicted molar refractivity (Wildman–Crippen MR) is 41.0 cm³/mol. The lowest BCUT2D eigenvalue weighted by atomic mass is 9.57. The Kier molecular flexibility index (Phi) is 1.63. The second-order valence-corrected chi connectivity index (χ2v) is 3.74. The smallest absolute Gasteiger partial charge is 0.309 e. The largest absolute Gasteiger partial charge is 0.469 e. The van der Waals surface area contributed by atoms with Crippen LogP contribution in [0, 0.1) is 17.8 Å². The molecule has 0 aromatic heterocycles. The SMILES string of the molecule is COC(=O)C1C2CCCC1C2. The average molecular weight is 154 g/mol. The van der Waals surface area contributed by atoms with Crippen LogP contribution in [0.3, 0.4) is 0 Å². The highest BCUT2D eigenvalue weighted by molar-refractivity contribution is 5.74. The van der Waals surface area contributed by atoms with E-state index in [2.05, 4.69) is 0 Å². The third-order valence-electron chi connectivity index (χ3n) is 3.24. The van der Waals surface area contributed by atoms with Gasteiger partial charge in [-0.25, -0.2) is 0 Å². The van der Waals surface area contributed by atoms with Gasteiger partial charge in [-0.15, -0.1) is 0 Å². The van der Waals surface area contributed by atoms with E-state index in [1.807, 2.05) is 0 Å². The number of ether oxygens (including phenoxy) is 1. The predicted octanol–water partition coefficient (Wildman–Crippen LogP) is 1.60. The first-order valence-corrected chi connectivity index (χ1v) is 4.40. The number of hydrogen-bond donors (Lipinski definition) is 0. The first kappa shape index (κ1) is 7.14. The standard InChI is InChI=1S/C9H14O2/c1-11-9(10)8-6-3-2-4-7(8)5-6/h6-8H,2-5H2,1H3. The summed E-state index contributed by atoms with van der Waals surface area (Å²) in [7, 11) is 1.50. The minimum Gasteiger partial charge on any atom is -0.469 e. The molecule has 0 spiro atoms. The van der Waals surface area contributed by atoms with Crippen LogP contribution in [0.4, 0.5) is 0 Å². The maximum atomic E-state index is 11.2. The average Bonchev–Trinajstić information content (AvgIpc) is 2.05. The molecule has 0 saturated heterocycles. The third-order valence-corrected chi connectivity index (χ3v) is 3.24. The molecule has 3 aliphatic rings. The first-order valence-electron chi connectivity index (χ1n) is 4.40. The van der Waals surface area contributed by atoms with Gasteiger partial charge in [-0.1, -0.05) is 6.42 Å². The van der Waals surface area contributed by atoms with Gasteiger partial charge >= 0.3 is 5.97 Å². The number of esters is 1. The molecule has 3 aliphatic carbocycles. The number of methoxy groups -OCH3 is 1. The molecule has 0 aromatic rings. The monoisotopic (exact) mass is 154 g/mol. The summed E-state index contributed by atoms with van der Waals surface area (Å²) in [5.74, 6) is 1.64. The third kappa shape index (κ3) is 0.959. The summed E-state index contributed by atoms with van der Waals surface area (Å²) in [6, 6.07) is 0. The van der Waals surface area contributed by atoms with Crippen LogP contribution in [0.1, 0.15) is 25.7 Å². The molecular formula is C9H14O2. The fourth-order valence-corrected chi connectivity index (χ4v) is 2.63. The Morgan fingerprint density at radius 1 is 1.36 bits per heavy atom. The van der Waals surface area contributed by atoms with Gasteiger partial charge in [0, 0.05) is 0 Å². The van der Waals surface area contributed by atoms with Crippen molar-refractivity contribution >= 4 is 5.97 Å². The maximum absolute atomic E-state index is 11.2. The molecule has 3 rings (SSSR count). The van der Waals surface area contributed by atoms with E-state index in [0.717, 1.165) is 0 Å². The highest BCUT2D eigenvalue weighted by Crippen LogP contribution is 2.50. The summed E-state index contributed by atoms with van der Waals surface area (Å²) < 4.78 is 4.75. The van der Waals surface area contributed by atoms with Crippen molar-refractivity contribution in [3.63, 3.8) is 0 Å². The Balaban J connectivity index is 2.00. The lowest BCUT2D eigenvalue weighted by Crippen LogP contribution is -2.45. The second kappa shape index (κ2) is 2.50. The maximum Gasteiger partial charge on any atom is 0.309 e. The summed E-state index contributed by atoms with van der Waals surface area (Å²) in [5, 5.41) is 0. The van der Waals surface area contributed by atoms with Crippen LogP contribution in [0.15, 0.2) is 0 Å². The molecule has 62 valence electrons. The van der Waals surface area contributed by atoms with E-state index < -0.39 is 0 Å². The molecule has 0 amide bonds. The number of fused-ring (bicyclic) bond motifs is 2. The van der Waals surface area contributed by atoms with Gasteiger partial charge in [0.05, 0.1) is 13.0 Å². The molecule has 2 nitrogen and oxygen atoms in total. The molecule has 3 saturated carbocycles. The van der Waals surface area contributed by atoms with Crippen molar-refractivity contribution < 1.29 is 9.53 Å². The lowest BCUT2D eigenvalue weighted by molar-refractivity contribution is -0.159. The van der Waals surface area contributed by atoms with Crippen molar-refractivity contribution in [1.82, 2.24) is 0 Å². The fraction of sp³-hybridized carbons (Fsp3) is 0.889. The van der Waals surface area contributed by atoms with Gasteiger partial charge in [0.25, 0.3) is 0 Å². The molecule has 0 aromatic carbocycles. The molecule has 2 heteroatoms. The molecule has 0 heterocycles. The molecule has 2 bridgehead atoms. The summed E-state index contributed by atoms with van der Waals surface area (Å²) in [4.78, 5) is 11.2. The normalized spacial score (nSPS) is 41.0. The highest BCUT2D eigenvalue weighted by atomic mass is 16.5. The molecular weight excluding hydrogens is 140 g/mol. The van der Waals surface area contributed by atoms with E-state index in [9.17, 15) is 4.79 Å². The zero-order chi connectivity index (χ0) is 7.84. The molecule has 0 N–H and O–H groups in total. The quantitative estimate of drug-likeness (QED) is 0.536. The molecule has 2 unspecified atom stereocenters. The highest BCUT2D eigenvalue weighted by Gasteiger charge is 2.48. The molecule has 2 atom stereocenters. The Morgan fingerprint density at radius 3 is 2.45 bits per heavy atom. The number of hydrogen-bond acceptors (Lipinski definition) is 2. The van der Waals surface area contributed by atoms with Gasteiger partial charge in [-0.05, 0) is 31.1 Å². The minimum atomic E-state index is 0.0333. The molecule has 0 radical (unpaired) electrons. The van der Waals surface area contributed by atoms with Gasteiger partial charge in [0.2, 0.25) is 0 Å². The lowest BCUT2D eigenvalue weighted by Gasteiger charge is -2.47. The second-order valence-electron chi connectivity index (χ2n) is 3.74. The number of carbonyl (C=O) groups excluding carboxylic acids is 1. The fourth-order valence-electron chi connectivity index (χ4n) is 2.63. The zero-order valence-electron chi connectivity index (χ0n) is 6.88. The topological polar surface area (TPSA) is 26.3 Å². The van der Waals surface area contributed by atoms with Crippen LogP contribution < -0.4 is 0 Å². The Morgan fingerprint density at radius 2 is 2.00 bits per heavy atom. The summed E-state index contributed by atoms with van der Waals surface area (Å²) >= 11 is 0. The van der Waals surface area contributed by atoms with E-state index >= 15 is 0 Å². The Labute approximate surface area is 66.9 Å². The van der Waals surface area contributed by atoms with E-state index in [-0.39, 0.29) is 11.9 Å². The minimum absolute atomic E-state index is 0.0333. The molecule has 0 aliphatic heterocycles. The van der Waals surface area contributed by atoms with Gasteiger partial charge in [-0.2, -0.15) is 0 Å². The summed E-state index contributed by atoms with van der Waals surface area (Å²) in [6.07, 6.45) is 5.09. The van der Waals surface area contributed by atoms with Crippen molar-refractivity contribution in [3.05, 3.63) is 0 Å². The zero-order valence-corrected chi connectivity index (χ0v) is 6.88. The Bertz CT molecular complexity index is 162. The van der Waals surface area contributed by atoms with E-state index in [0.29, 0.717) is 11.8 Å². The van der Waals surface area contributed by atoms with E-state index in [1.165, 1.54) is 32.8 Å².